The van der Waals surface area contributed by atoms with Crippen LogP contribution in [0.15, 0.2) is 12.7 Å². The van der Waals surface area contributed by atoms with Crippen LogP contribution in [0.3, 0.4) is 0 Å². The summed E-state index contributed by atoms with van der Waals surface area (Å²) in [5, 5.41) is 13.0. The van der Waals surface area contributed by atoms with Gasteiger partial charge in [0.1, 0.15) is 0 Å². The van der Waals surface area contributed by atoms with E-state index in [0.717, 1.165) is 25.8 Å². The average molecular weight is 229 g/mol. The smallest absolute Gasteiger partial charge is 0.0785 e. The van der Waals surface area contributed by atoms with Crippen molar-refractivity contribution in [2.24, 2.45) is 0 Å². The van der Waals surface area contributed by atoms with Gasteiger partial charge >= 0.3 is 0 Å². The largest absolute Gasteiger partial charge is 0.391 e. The van der Waals surface area contributed by atoms with Crippen molar-refractivity contribution in [1.82, 2.24) is 5.32 Å². The Bertz CT molecular complexity index is 162. The molecule has 0 aliphatic carbocycles. The van der Waals surface area contributed by atoms with Gasteiger partial charge < -0.3 is 15.2 Å². The molecule has 2 unspecified atom stereocenters. The minimum absolute atomic E-state index is 0.348. The lowest BCUT2D eigenvalue weighted by atomic mass is 10.1. The fourth-order valence-electron chi connectivity index (χ4n) is 1.75. The summed E-state index contributed by atoms with van der Waals surface area (Å²) in [4.78, 5) is 0. The van der Waals surface area contributed by atoms with Crippen molar-refractivity contribution < 1.29 is 9.84 Å². The first-order valence-corrected chi connectivity index (χ1v) is 6.25. The maximum atomic E-state index is 9.49. The number of rotatable bonds is 11. The first-order valence-electron chi connectivity index (χ1n) is 6.25. The number of allylic oxidation sites excluding steroid dienone is 1. The molecule has 0 saturated heterocycles. The van der Waals surface area contributed by atoms with Crippen molar-refractivity contribution in [2.45, 2.75) is 51.2 Å². The highest BCUT2D eigenvalue weighted by Crippen LogP contribution is 2.05. The molecular formula is C13H27NO2. The van der Waals surface area contributed by atoms with E-state index in [2.05, 4.69) is 18.8 Å². The summed E-state index contributed by atoms with van der Waals surface area (Å²) in [6.45, 7) is 7.22. The molecule has 2 N–H and O–H groups in total. The number of hydrogen-bond acceptors (Lipinski definition) is 3. The highest BCUT2D eigenvalue weighted by atomic mass is 16.5. The van der Waals surface area contributed by atoms with Gasteiger partial charge in [-0.25, -0.2) is 0 Å². The number of ether oxygens (including phenoxy) is 1. The number of methoxy groups -OCH3 is 1. The first kappa shape index (κ1) is 15.6. The molecule has 16 heavy (non-hydrogen) atoms. The summed E-state index contributed by atoms with van der Waals surface area (Å²) in [6, 6.07) is 0.553. The molecule has 0 aliphatic rings. The molecule has 0 heterocycles. The lowest BCUT2D eigenvalue weighted by Gasteiger charge is -2.18. The van der Waals surface area contributed by atoms with E-state index < -0.39 is 0 Å². The van der Waals surface area contributed by atoms with E-state index in [4.69, 9.17) is 4.74 Å². The zero-order valence-electron chi connectivity index (χ0n) is 10.7. The number of aliphatic hydroxyl groups is 1. The Morgan fingerprint density at radius 1 is 1.38 bits per heavy atom. The van der Waals surface area contributed by atoms with Crippen LogP contribution in [0.4, 0.5) is 0 Å². The highest BCUT2D eigenvalue weighted by Gasteiger charge is 2.07. The maximum absolute atomic E-state index is 9.49. The summed E-state index contributed by atoms with van der Waals surface area (Å²) >= 11 is 0. The van der Waals surface area contributed by atoms with Gasteiger partial charge in [-0.05, 0) is 32.2 Å². The molecule has 0 radical (unpaired) electrons. The Hall–Kier alpha value is -0.380. The molecular weight excluding hydrogens is 202 g/mol. The van der Waals surface area contributed by atoms with Gasteiger partial charge in [0.15, 0.2) is 0 Å². The predicted molar refractivity (Wildman–Crippen MR) is 68.6 cm³/mol. The van der Waals surface area contributed by atoms with E-state index in [9.17, 15) is 5.11 Å². The van der Waals surface area contributed by atoms with Gasteiger partial charge in [0.25, 0.3) is 0 Å². The van der Waals surface area contributed by atoms with Crippen LogP contribution in [-0.2, 0) is 4.74 Å². The fourth-order valence-corrected chi connectivity index (χ4v) is 1.75. The molecule has 0 bridgehead atoms. The zero-order chi connectivity index (χ0) is 12.2. The summed E-state index contributed by atoms with van der Waals surface area (Å²) in [5.74, 6) is 0. The molecule has 2 atom stereocenters. The van der Waals surface area contributed by atoms with Crippen LogP contribution in [-0.4, -0.2) is 37.5 Å². The van der Waals surface area contributed by atoms with Gasteiger partial charge in [-0.1, -0.05) is 19.4 Å². The van der Waals surface area contributed by atoms with Crippen LogP contribution in [0.1, 0.15) is 39.0 Å². The molecule has 0 aromatic rings. The van der Waals surface area contributed by atoms with Crippen LogP contribution >= 0.6 is 0 Å². The van der Waals surface area contributed by atoms with Crippen LogP contribution < -0.4 is 5.32 Å². The SMILES string of the molecule is C=CCCC(CCC)NCCC(O)COC. The van der Waals surface area contributed by atoms with Gasteiger partial charge in [-0.15, -0.1) is 6.58 Å². The highest BCUT2D eigenvalue weighted by molar-refractivity contribution is 4.74. The molecule has 0 spiro atoms. The van der Waals surface area contributed by atoms with Gasteiger partial charge in [-0.2, -0.15) is 0 Å². The van der Waals surface area contributed by atoms with Crippen LogP contribution in [0.2, 0.25) is 0 Å². The number of aliphatic hydroxyl groups excluding tert-OH is 1. The average Bonchev–Trinajstić information content (AvgIpc) is 2.26. The zero-order valence-corrected chi connectivity index (χ0v) is 10.7. The fraction of sp³-hybridized carbons (Fsp3) is 0.846. The minimum Gasteiger partial charge on any atom is -0.391 e. The van der Waals surface area contributed by atoms with Crippen molar-refractivity contribution in [2.75, 3.05) is 20.3 Å². The van der Waals surface area contributed by atoms with E-state index in [-0.39, 0.29) is 6.10 Å². The standard InChI is InChI=1S/C13H27NO2/c1-4-6-8-12(7-5-2)14-10-9-13(15)11-16-3/h4,12-15H,1,5-11H2,2-3H3. The third-order valence-corrected chi connectivity index (χ3v) is 2.63. The summed E-state index contributed by atoms with van der Waals surface area (Å²) in [7, 11) is 1.61. The molecule has 3 heteroatoms. The monoisotopic (exact) mass is 229 g/mol. The third-order valence-electron chi connectivity index (χ3n) is 2.63. The lowest BCUT2D eigenvalue weighted by Crippen LogP contribution is -2.32. The Morgan fingerprint density at radius 2 is 2.12 bits per heavy atom. The molecule has 3 nitrogen and oxygen atoms in total. The molecule has 0 rings (SSSR count). The summed E-state index contributed by atoms with van der Waals surface area (Å²) in [6.07, 6.45) is 6.94. The Morgan fingerprint density at radius 3 is 2.69 bits per heavy atom. The van der Waals surface area contributed by atoms with E-state index in [1.807, 2.05) is 6.08 Å². The van der Waals surface area contributed by atoms with Crippen molar-refractivity contribution >= 4 is 0 Å². The molecule has 96 valence electrons. The van der Waals surface area contributed by atoms with Crippen molar-refractivity contribution in [3.05, 3.63) is 12.7 Å². The Labute approximate surface area is 99.9 Å². The number of nitrogens with one attached hydrogen (secondary N) is 1. The van der Waals surface area contributed by atoms with Gasteiger partial charge in [0.05, 0.1) is 12.7 Å². The van der Waals surface area contributed by atoms with Gasteiger partial charge in [0.2, 0.25) is 0 Å². The Balaban J connectivity index is 3.61. The van der Waals surface area contributed by atoms with Gasteiger partial charge in [0, 0.05) is 13.2 Å². The second-order valence-corrected chi connectivity index (χ2v) is 4.20. The minimum atomic E-state index is -0.348. The molecule has 0 aliphatic heterocycles. The van der Waals surface area contributed by atoms with Crippen molar-refractivity contribution in [3.63, 3.8) is 0 Å². The van der Waals surface area contributed by atoms with Crippen LogP contribution in [0, 0.1) is 0 Å². The van der Waals surface area contributed by atoms with E-state index >= 15 is 0 Å². The molecule has 0 fully saturated rings. The Kier molecular flexibility index (Phi) is 10.9. The third kappa shape index (κ3) is 8.89. The van der Waals surface area contributed by atoms with Crippen molar-refractivity contribution in [3.8, 4) is 0 Å². The van der Waals surface area contributed by atoms with Crippen molar-refractivity contribution in [1.29, 1.82) is 0 Å². The normalized spacial score (nSPS) is 14.7. The lowest BCUT2D eigenvalue weighted by molar-refractivity contribution is 0.0588. The predicted octanol–water partition coefficient (Wildman–Crippen LogP) is 2.11. The molecule has 0 saturated carbocycles. The number of hydrogen-bond donors (Lipinski definition) is 2. The quantitative estimate of drug-likeness (QED) is 0.533. The maximum Gasteiger partial charge on any atom is 0.0785 e. The molecule has 0 aromatic carbocycles. The van der Waals surface area contributed by atoms with Crippen LogP contribution in [0.5, 0.6) is 0 Å². The topological polar surface area (TPSA) is 41.5 Å². The summed E-state index contributed by atoms with van der Waals surface area (Å²) in [5.41, 5.74) is 0. The van der Waals surface area contributed by atoms with Crippen LogP contribution in [0.25, 0.3) is 0 Å². The molecule has 0 aromatic heterocycles. The first-order chi connectivity index (χ1) is 7.74. The van der Waals surface area contributed by atoms with Gasteiger partial charge in [-0.3, -0.25) is 0 Å². The van der Waals surface area contributed by atoms with E-state index in [1.165, 1.54) is 12.8 Å². The van der Waals surface area contributed by atoms with E-state index in [1.54, 1.807) is 7.11 Å². The second-order valence-electron chi connectivity index (χ2n) is 4.20. The summed E-state index contributed by atoms with van der Waals surface area (Å²) < 4.78 is 4.88. The van der Waals surface area contributed by atoms with E-state index in [0.29, 0.717) is 12.6 Å². The molecule has 0 amide bonds. The second kappa shape index (κ2) is 11.1.